The van der Waals surface area contributed by atoms with Crippen LogP contribution in [0.1, 0.15) is 55.5 Å². The number of anilines is 3. The summed E-state index contributed by atoms with van der Waals surface area (Å²) in [6, 6.07) is 20.5. The highest BCUT2D eigenvalue weighted by Gasteiger charge is 2.39. The van der Waals surface area contributed by atoms with Crippen molar-refractivity contribution in [2.75, 3.05) is 36.1 Å². The molecule has 2 aliphatic rings. The summed E-state index contributed by atoms with van der Waals surface area (Å²) in [5, 5.41) is 11.1. The Kier molecular flexibility index (Phi) is 12.0. The molecule has 3 aromatic carbocycles. The fourth-order valence-corrected chi connectivity index (χ4v) is 6.39. The Bertz CT molecular complexity index is 1730. The van der Waals surface area contributed by atoms with Gasteiger partial charge in [0.25, 0.3) is 5.91 Å². The van der Waals surface area contributed by atoms with Crippen LogP contribution in [0.25, 0.3) is 0 Å². The van der Waals surface area contributed by atoms with E-state index >= 15 is 0 Å². The van der Waals surface area contributed by atoms with Crippen molar-refractivity contribution in [2.24, 2.45) is 5.92 Å². The number of alkyl carbamates (subject to hydrolysis) is 1. The largest absolute Gasteiger partial charge is 0.453 e. The second kappa shape index (κ2) is 16.8. The molecule has 3 aromatic rings. The third kappa shape index (κ3) is 9.30. The van der Waals surface area contributed by atoms with Crippen LogP contribution < -0.4 is 21.3 Å². The quantitative estimate of drug-likeness (QED) is 0.230. The Morgan fingerprint density at radius 3 is 1.76 bits per heavy atom. The SMILES string of the molecule is COC(=O)N[C@H](C(=O)N1CCC[C@H]1C(=O)Nc1ccc(C(=O)Nc2ccc(NC(=O)[C@@H]3CCCN3C(=O)Cc3ccccc3)cc2)cc1)C(C)C. The molecule has 0 unspecified atom stereocenters. The van der Waals surface area contributed by atoms with E-state index < -0.39 is 24.2 Å². The predicted octanol–water partition coefficient (Wildman–Crippen LogP) is 4.42. The van der Waals surface area contributed by atoms with E-state index in [-0.39, 0.29) is 41.9 Å². The standard InChI is InChI=1S/C38H44N6O7/c1-24(2)33(42-38(50)51-3)37(49)44-22-8-12-31(44)36(48)40-27-15-13-26(14-16-27)34(46)39-28-17-19-29(20-18-28)41-35(47)30-11-7-21-43(30)32(45)23-25-9-5-4-6-10-25/h4-6,9-10,13-20,24,30-31,33H,7-8,11-12,21-23H2,1-3H3,(H,39,46)(H,40,48)(H,41,47)(H,42,50)/t30-,31-,33-/m0/s1. The van der Waals surface area contributed by atoms with E-state index in [1.807, 2.05) is 30.3 Å². The Morgan fingerprint density at radius 2 is 1.22 bits per heavy atom. The van der Waals surface area contributed by atoms with Gasteiger partial charge in [0.15, 0.2) is 0 Å². The van der Waals surface area contributed by atoms with E-state index in [0.29, 0.717) is 55.0 Å². The number of hydrogen-bond donors (Lipinski definition) is 4. The lowest BCUT2D eigenvalue weighted by Crippen LogP contribution is -2.54. The van der Waals surface area contributed by atoms with E-state index in [1.165, 1.54) is 12.0 Å². The minimum absolute atomic E-state index is 0.0779. The normalized spacial score (nSPS) is 17.4. The first kappa shape index (κ1) is 36.6. The highest BCUT2D eigenvalue weighted by Crippen LogP contribution is 2.24. The Labute approximate surface area is 297 Å². The molecule has 0 spiro atoms. The van der Waals surface area contributed by atoms with Gasteiger partial charge in [0.2, 0.25) is 23.6 Å². The Hall–Kier alpha value is -5.72. The maximum Gasteiger partial charge on any atom is 0.407 e. The van der Waals surface area contributed by atoms with Crippen LogP contribution in [-0.4, -0.2) is 83.8 Å². The van der Waals surface area contributed by atoms with Gasteiger partial charge in [0.05, 0.1) is 13.5 Å². The molecule has 0 radical (unpaired) electrons. The maximum atomic E-state index is 13.3. The summed E-state index contributed by atoms with van der Waals surface area (Å²) in [7, 11) is 1.22. The van der Waals surface area contributed by atoms with Gasteiger partial charge in [-0.05, 0) is 85.7 Å². The van der Waals surface area contributed by atoms with E-state index in [2.05, 4.69) is 26.0 Å². The van der Waals surface area contributed by atoms with Gasteiger partial charge in [-0.1, -0.05) is 44.2 Å². The predicted molar refractivity (Wildman–Crippen MR) is 192 cm³/mol. The van der Waals surface area contributed by atoms with Gasteiger partial charge in [-0.2, -0.15) is 0 Å². The van der Waals surface area contributed by atoms with Crippen LogP contribution >= 0.6 is 0 Å². The lowest BCUT2D eigenvalue weighted by atomic mass is 10.0. The number of likely N-dealkylation sites (tertiary alicyclic amines) is 2. The summed E-state index contributed by atoms with van der Waals surface area (Å²) in [6.45, 7) is 4.55. The van der Waals surface area contributed by atoms with Gasteiger partial charge in [-0.3, -0.25) is 24.0 Å². The molecule has 2 fully saturated rings. The van der Waals surface area contributed by atoms with Crippen molar-refractivity contribution in [3.63, 3.8) is 0 Å². The van der Waals surface area contributed by atoms with Crippen molar-refractivity contribution >= 4 is 52.7 Å². The van der Waals surface area contributed by atoms with E-state index in [1.54, 1.807) is 67.3 Å². The van der Waals surface area contributed by atoms with E-state index in [0.717, 1.165) is 12.0 Å². The molecule has 2 saturated heterocycles. The van der Waals surface area contributed by atoms with Gasteiger partial charge in [0.1, 0.15) is 18.1 Å². The lowest BCUT2D eigenvalue weighted by Gasteiger charge is -2.30. The average molecular weight is 697 g/mol. The number of amides is 6. The van der Waals surface area contributed by atoms with Crippen LogP contribution in [-0.2, 0) is 30.3 Å². The molecule has 4 N–H and O–H groups in total. The first-order chi connectivity index (χ1) is 24.5. The molecule has 6 amide bonds. The van der Waals surface area contributed by atoms with Crippen LogP contribution in [0.4, 0.5) is 21.9 Å². The summed E-state index contributed by atoms with van der Waals surface area (Å²) in [5.74, 6) is -1.61. The highest BCUT2D eigenvalue weighted by molar-refractivity contribution is 6.05. The number of benzene rings is 3. The Morgan fingerprint density at radius 1 is 0.706 bits per heavy atom. The number of rotatable bonds is 11. The molecular weight excluding hydrogens is 652 g/mol. The zero-order chi connectivity index (χ0) is 36.5. The molecule has 0 saturated carbocycles. The monoisotopic (exact) mass is 696 g/mol. The zero-order valence-corrected chi connectivity index (χ0v) is 29.0. The molecule has 0 aromatic heterocycles. The molecule has 3 atom stereocenters. The van der Waals surface area contributed by atoms with Crippen LogP contribution in [0, 0.1) is 5.92 Å². The lowest BCUT2D eigenvalue weighted by molar-refractivity contribution is -0.139. The molecule has 13 nitrogen and oxygen atoms in total. The van der Waals surface area contributed by atoms with Gasteiger partial charge in [-0.15, -0.1) is 0 Å². The third-order valence-corrected chi connectivity index (χ3v) is 9.13. The molecule has 13 heteroatoms. The molecule has 51 heavy (non-hydrogen) atoms. The van der Waals surface area contributed by atoms with Gasteiger partial charge in [-0.25, -0.2) is 4.79 Å². The fourth-order valence-electron chi connectivity index (χ4n) is 6.39. The smallest absolute Gasteiger partial charge is 0.407 e. The van der Waals surface area contributed by atoms with Crippen molar-refractivity contribution < 1.29 is 33.5 Å². The Balaban J connectivity index is 1.12. The van der Waals surface area contributed by atoms with Gasteiger partial charge < -0.3 is 35.8 Å². The molecule has 0 bridgehead atoms. The number of carbonyl (C=O) groups excluding carboxylic acids is 6. The first-order valence-corrected chi connectivity index (χ1v) is 17.2. The van der Waals surface area contributed by atoms with Crippen LogP contribution in [0.5, 0.6) is 0 Å². The van der Waals surface area contributed by atoms with Crippen LogP contribution in [0.3, 0.4) is 0 Å². The second-order valence-electron chi connectivity index (χ2n) is 13.0. The van der Waals surface area contributed by atoms with Crippen molar-refractivity contribution in [2.45, 2.75) is 64.1 Å². The zero-order valence-electron chi connectivity index (χ0n) is 29.0. The molecule has 268 valence electrons. The van der Waals surface area contributed by atoms with Crippen molar-refractivity contribution in [3.8, 4) is 0 Å². The number of ether oxygens (including phenoxy) is 1. The number of hydrogen-bond acceptors (Lipinski definition) is 7. The molecular formula is C38H44N6O7. The number of methoxy groups -OCH3 is 1. The van der Waals surface area contributed by atoms with Crippen molar-refractivity contribution in [3.05, 3.63) is 90.0 Å². The molecule has 0 aliphatic carbocycles. The van der Waals surface area contributed by atoms with Gasteiger partial charge in [0, 0.05) is 35.7 Å². The first-order valence-electron chi connectivity index (χ1n) is 17.2. The average Bonchev–Trinajstić information content (AvgIpc) is 3.83. The van der Waals surface area contributed by atoms with Crippen molar-refractivity contribution in [1.29, 1.82) is 0 Å². The van der Waals surface area contributed by atoms with Gasteiger partial charge >= 0.3 is 6.09 Å². The number of nitrogens with zero attached hydrogens (tertiary/aromatic N) is 2. The summed E-state index contributed by atoms with van der Waals surface area (Å²) in [6.07, 6.45) is 2.01. The van der Waals surface area contributed by atoms with Crippen LogP contribution in [0.15, 0.2) is 78.9 Å². The fraction of sp³-hybridized carbons (Fsp3) is 0.368. The minimum atomic E-state index is -0.830. The van der Waals surface area contributed by atoms with Crippen LogP contribution in [0.2, 0.25) is 0 Å². The molecule has 2 heterocycles. The topological polar surface area (TPSA) is 166 Å². The highest BCUT2D eigenvalue weighted by atomic mass is 16.5. The third-order valence-electron chi connectivity index (χ3n) is 9.13. The molecule has 2 aliphatic heterocycles. The van der Waals surface area contributed by atoms with Crippen molar-refractivity contribution in [1.82, 2.24) is 15.1 Å². The maximum absolute atomic E-state index is 13.3. The summed E-state index contributed by atoms with van der Waals surface area (Å²) in [5.41, 5.74) is 2.79. The number of nitrogens with one attached hydrogen (secondary N) is 4. The summed E-state index contributed by atoms with van der Waals surface area (Å²) in [4.78, 5) is 80.4. The summed E-state index contributed by atoms with van der Waals surface area (Å²) < 4.78 is 4.66. The second-order valence-corrected chi connectivity index (χ2v) is 13.0. The summed E-state index contributed by atoms with van der Waals surface area (Å²) >= 11 is 0. The minimum Gasteiger partial charge on any atom is -0.453 e. The molecule has 5 rings (SSSR count). The van der Waals surface area contributed by atoms with E-state index in [9.17, 15) is 28.8 Å². The van der Waals surface area contributed by atoms with E-state index in [4.69, 9.17) is 0 Å². The number of carbonyl (C=O) groups is 6.